The number of nitrogens with zero attached hydrogens (tertiary/aromatic N) is 2. The van der Waals surface area contributed by atoms with Crippen molar-refractivity contribution in [2.24, 2.45) is 11.8 Å². The van der Waals surface area contributed by atoms with Crippen molar-refractivity contribution in [3.8, 4) is 0 Å². The molecule has 0 radical (unpaired) electrons. The van der Waals surface area contributed by atoms with E-state index in [0.29, 0.717) is 30.0 Å². The van der Waals surface area contributed by atoms with Gasteiger partial charge in [0.15, 0.2) is 5.82 Å². The third kappa shape index (κ3) is 5.03. The lowest BCUT2D eigenvalue weighted by Gasteiger charge is -2.28. The van der Waals surface area contributed by atoms with Crippen molar-refractivity contribution in [2.75, 3.05) is 13.1 Å². The molecule has 1 saturated heterocycles. The van der Waals surface area contributed by atoms with E-state index in [-0.39, 0.29) is 17.4 Å². The molecule has 0 bridgehead atoms. The van der Waals surface area contributed by atoms with Crippen molar-refractivity contribution < 1.29 is 9.32 Å². The fraction of sp³-hybridized carbons (Fsp3) is 0.824. The van der Waals surface area contributed by atoms with Crippen molar-refractivity contribution in [2.45, 2.75) is 65.3 Å². The molecule has 130 valence electrons. The van der Waals surface area contributed by atoms with Crippen LogP contribution in [0.4, 0.5) is 0 Å². The smallest absolute Gasteiger partial charge is 0.248 e. The van der Waals surface area contributed by atoms with Gasteiger partial charge in [-0.25, -0.2) is 0 Å². The molecular formula is C17H30N4O2. The number of hydrogen-bond donors (Lipinski definition) is 2. The van der Waals surface area contributed by atoms with Crippen LogP contribution >= 0.6 is 0 Å². The van der Waals surface area contributed by atoms with Gasteiger partial charge in [0.1, 0.15) is 6.04 Å². The Morgan fingerprint density at radius 3 is 2.57 bits per heavy atom. The number of rotatable bonds is 5. The van der Waals surface area contributed by atoms with Crippen LogP contribution in [0.15, 0.2) is 4.52 Å². The lowest BCUT2D eigenvalue weighted by Crippen LogP contribution is -2.34. The minimum atomic E-state index is -0.258. The Morgan fingerprint density at radius 1 is 1.35 bits per heavy atom. The lowest BCUT2D eigenvalue weighted by molar-refractivity contribution is -0.123. The van der Waals surface area contributed by atoms with Gasteiger partial charge in [0, 0.05) is 11.8 Å². The van der Waals surface area contributed by atoms with E-state index in [1.165, 1.54) is 0 Å². The molecule has 0 saturated carbocycles. The van der Waals surface area contributed by atoms with E-state index in [1.54, 1.807) is 0 Å². The van der Waals surface area contributed by atoms with Gasteiger partial charge in [-0.1, -0.05) is 32.9 Å². The van der Waals surface area contributed by atoms with E-state index in [9.17, 15) is 4.79 Å². The van der Waals surface area contributed by atoms with Gasteiger partial charge in [0.2, 0.25) is 11.8 Å². The normalized spacial score (nSPS) is 19.3. The molecule has 1 aliphatic rings. The van der Waals surface area contributed by atoms with Crippen LogP contribution in [0.25, 0.3) is 0 Å². The monoisotopic (exact) mass is 322 g/mol. The van der Waals surface area contributed by atoms with Gasteiger partial charge < -0.3 is 15.2 Å². The van der Waals surface area contributed by atoms with Crippen LogP contribution in [0.2, 0.25) is 0 Å². The summed E-state index contributed by atoms with van der Waals surface area (Å²) in [7, 11) is 0. The Balaban J connectivity index is 1.85. The minimum absolute atomic E-state index is 0.0547. The fourth-order valence-electron chi connectivity index (χ4n) is 2.95. The molecule has 1 amide bonds. The third-order valence-corrected chi connectivity index (χ3v) is 4.56. The maximum Gasteiger partial charge on any atom is 0.248 e. The summed E-state index contributed by atoms with van der Waals surface area (Å²) in [5.74, 6) is 2.22. The number of nitrogens with one attached hydrogen (secondary N) is 2. The van der Waals surface area contributed by atoms with Gasteiger partial charge in [0.25, 0.3) is 0 Å². The number of hydrogen-bond acceptors (Lipinski definition) is 5. The topological polar surface area (TPSA) is 80.0 Å². The highest BCUT2D eigenvalue weighted by Crippen LogP contribution is 2.25. The molecule has 1 aromatic heterocycles. The average molecular weight is 322 g/mol. The third-order valence-electron chi connectivity index (χ3n) is 4.56. The zero-order valence-electron chi connectivity index (χ0n) is 15.0. The summed E-state index contributed by atoms with van der Waals surface area (Å²) in [6.45, 7) is 12.3. The quantitative estimate of drug-likeness (QED) is 0.871. The molecule has 1 aliphatic heterocycles. The highest BCUT2D eigenvalue weighted by atomic mass is 16.5. The standard InChI is InChI=1S/C17H30N4O2/c1-11(13-6-8-18-9-7-13)10-14(22)19-12(2)15-20-16(21-23-15)17(3,4)5/h11-13,18H,6-10H2,1-5H3,(H,19,22). The number of aromatic nitrogens is 2. The predicted octanol–water partition coefficient (Wildman–Crippen LogP) is 2.57. The maximum atomic E-state index is 12.3. The Labute approximate surface area is 138 Å². The van der Waals surface area contributed by atoms with E-state index in [2.05, 4.69) is 27.7 Å². The van der Waals surface area contributed by atoms with Crippen molar-refractivity contribution in [1.82, 2.24) is 20.8 Å². The zero-order chi connectivity index (χ0) is 17.0. The van der Waals surface area contributed by atoms with Crippen LogP contribution in [0.5, 0.6) is 0 Å². The van der Waals surface area contributed by atoms with Crippen LogP contribution in [-0.4, -0.2) is 29.1 Å². The first-order chi connectivity index (χ1) is 10.8. The van der Waals surface area contributed by atoms with Crippen molar-refractivity contribution in [3.05, 3.63) is 11.7 Å². The first-order valence-electron chi connectivity index (χ1n) is 8.61. The van der Waals surface area contributed by atoms with Crippen LogP contribution in [0.1, 0.15) is 71.6 Å². The molecule has 0 aromatic carbocycles. The Bertz CT molecular complexity index is 515. The van der Waals surface area contributed by atoms with Gasteiger partial charge in [-0.05, 0) is 44.7 Å². The highest BCUT2D eigenvalue weighted by Gasteiger charge is 2.25. The zero-order valence-corrected chi connectivity index (χ0v) is 15.0. The SMILES string of the molecule is CC(NC(=O)CC(C)C1CCNCC1)c1nc(C(C)(C)C)no1. The summed E-state index contributed by atoms with van der Waals surface area (Å²) < 4.78 is 5.29. The molecule has 0 aliphatic carbocycles. The van der Waals surface area contributed by atoms with E-state index < -0.39 is 0 Å². The van der Waals surface area contributed by atoms with Crippen LogP contribution in [0, 0.1) is 11.8 Å². The molecule has 6 nitrogen and oxygen atoms in total. The van der Waals surface area contributed by atoms with Crippen LogP contribution in [-0.2, 0) is 10.2 Å². The molecule has 2 N–H and O–H groups in total. The van der Waals surface area contributed by atoms with E-state index in [1.807, 2.05) is 27.7 Å². The van der Waals surface area contributed by atoms with Crippen LogP contribution < -0.4 is 10.6 Å². The Kier molecular flexibility index (Phi) is 5.79. The summed E-state index contributed by atoms with van der Waals surface area (Å²) in [5.41, 5.74) is -0.158. The average Bonchev–Trinajstić information content (AvgIpc) is 2.98. The largest absolute Gasteiger partial charge is 0.345 e. The molecule has 1 fully saturated rings. The second-order valence-corrected chi connectivity index (χ2v) is 7.76. The van der Waals surface area contributed by atoms with Gasteiger partial charge >= 0.3 is 0 Å². The maximum absolute atomic E-state index is 12.3. The second kappa shape index (κ2) is 7.43. The molecular weight excluding hydrogens is 292 g/mol. The number of carbonyl (C=O) groups is 1. The van der Waals surface area contributed by atoms with Gasteiger partial charge in [-0.2, -0.15) is 4.98 Å². The molecule has 2 rings (SSSR count). The number of piperidine rings is 1. The predicted molar refractivity (Wildman–Crippen MR) is 88.9 cm³/mol. The van der Waals surface area contributed by atoms with Gasteiger partial charge in [-0.3, -0.25) is 4.79 Å². The van der Waals surface area contributed by atoms with Crippen molar-refractivity contribution >= 4 is 5.91 Å². The van der Waals surface area contributed by atoms with Crippen LogP contribution in [0.3, 0.4) is 0 Å². The van der Waals surface area contributed by atoms with Gasteiger partial charge in [0.05, 0.1) is 0 Å². The summed E-state index contributed by atoms with van der Waals surface area (Å²) in [4.78, 5) is 16.7. The second-order valence-electron chi connectivity index (χ2n) is 7.76. The Morgan fingerprint density at radius 2 is 2.00 bits per heavy atom. The Hall–Kier alpha value is -1.43. The summed E-state index contributed by atoms with van der Waals surface area (Å²) in [6.07, 6.45) is 2.86. The highest BCUT2D eigenvalue weighted by molar-refractivity contribution is 5.76. The van der Waals surface area contributed by atoms with Crippen molar-refractivity contribution in [3.63, 3.8) is 0 Å². The summed E-state index contributed by atoms with van der Waals surface area (Å²) in [6, 6.07) is -0.258. The summed E-state index contributed by atoms with van der Waals surface area (Å²) >= 11 is 0. The first kappa shape index (κ1) is 17.9. The molecule has 1 aromatic rings. The minimum Gasteiger partial charge on any atom is -0.345 e. The van der Waals surface area contributed by atoms with E-state index >= 15 is 0 Å². The molecule has 2 heterocycles. The molecule has 6 heteroatoms. The number of amides is 1. The molecule has 2 atom stereocenters. The first-order valence-corrected chi connectivity index (χ1v) is 8.61. The fourth-order valence-corrected chi connectivity index (χ4v) is 2.95. The molecule has 0 spiro atoms. The van der Waals surface area contributed by atoms with E-state index in [4.69, 9.17) is 4.52 Å². The van der Waals surface area contributed by atoms with Gasteiger partial charge in [-0.15, -0.1) is 0 Å². The van der Waals surface area contributed by atoms with E-state index in [0.717, 1.165) is 25.9 Å². The lowest BCUT2D eigenvalue weighted by atomic mass is 9.84. The number of carbonyl (C=O) groups excluding carboxylic acids is 1. The van der Waals surface area contributed by atoms with Crippen molar-refractivity contribution in [1.29, 1.82) is 0 Å². The summed E-state index contributed by atoms with van der Waals surface area (Å²) in [5, 5.41) is 10.3. The molecule has 2 unspecified atom stereocenters. The molecule has 23 heavy (non-hydrogen) atoms.